The fourth-order valence-corrected chi connectivity index (χ4v) is 3.96. The molecule has 154 valence electrons. The second-order valence-corrected chi connectivity index (χ2v) is 8.40. The highest BCUT2D eigenvalue weighted by molar-refractivity contribution is 7.99. The van der Waals surface area contributed by atoms with Gasteiger partial charge in [-0.05, 0) is 45.4 Å². The average molecular weight is 434 g/mol. The zero-order chi connectivity index (χ0) is 21.1. The maximum Gasteiger partial charge on any atom is 0.280 e. The second kappa shape index (κ2) is 9.00. The molecule has 29 heavy (non-hydrogen) atoms. The summed E-state index contributed by atoms with van der Waals surface area (Å²) in [7, 11) is 0. The lowest BCUT2D eigenvalue weighted by Gasteiger charge is -2.13. The van der Waals surface area contributed by atoms with E-state index in [2.05, 4.69) is 10.4 Å². The highest BCUT2D eigenvalue weighted by Crippen LogP contribution is 2.21. The lowest BCUT2D eigenvalue weighted by Crippen LogP contribution is -2.32. The van der Waals surface area contributed by atoms with Crippen LogP contribution in [0.25, 0.3) is 11.0 Å². The van der Waals surface area contributed by atoms with E-state index in [1.165, 1.54) is 11.8 Å². The molecule has 0 saturated carbocycles. The van der Waals surface area contributed by atoms with Crippen molar-refractivity contribution in [1.29, 1.82) is 0 Å². The van der Waals surface area contributed by atoms with E-state index in [0.717, 1.165) is 5.56 Å². The first-order chi connectivity index (χ1) is 13.8. The van der Waals surface area contributed by atoms with Gasteiger partial charge in [0.2, 0.25) is 5.91 Å². The lowest BCUT2D eigenvalue weighted by molar-refractivity contribution is -0.119. The lowest BCUT2D eigenvalue weighted by atomic mass is 10.2. The molecule has 0 unspecified atom stereocenters. The molecule has 0 saturated heterocycles. The van der Waals surface area contributed by atoms with Crippen molar-refractivity contribution in [1.82, 2.24) is 24.6 Å². The number of aryl methyl sites for hydroxylation is 2. The Labute approximate surface area is 178 Å². The van der Waals surface area contributed by atoms with E-state index in [4.69, 9.17) is 16.6 Å². The summed E-state index contributed by atoms with van der Waals surface area (Å²) in [5.74, 6) is 0.0795. The van der Waals surface area contributed by atoms with Gasteiger partial charge in [0.1, 0.15) is 5.52 Å². The Morgan fingerprint density at radius 2 is 1.97 bits per heavy atom. The van der Waals surface area contributed by atoms with Crippen molar-refractivity contribution < 1.29 is 4.79 Å². The number of hydrogen-bond acceptors (Lipinski definition) is 5. The maximum atomic E-state index is 13.4. The van der Waals surface area contributed by atoms with Crippen LogP contribution in [0.1, 0.15) is 32.0 Å². The standard InChI is InChI=1S/C20H24ClN5O2S/c1-5-26-18-17(13(4)24-26)23-20(29-11-16(27)22-12(2)3)25(19(18)28)10-14-6-8-15(21)9-7-14/h6-9,12H,5,10-11H2,1-4H3,(H,22,27). The number of amides is 1. The summed E-state index contributed by atoms with van der Waals surface area (Å²) in [6, 6.07) is 7.39. The van der Waals surface area contributed by atoms with Gasteiger partial charge in [-0.25, -0.2) is 4.98 Å². The van der Waals surface area contributed by atoms with Crippen LogP contribution in [-0.4, -0.2) is 37.0 Å². The van der Waals surface area contributed by atoms with Gasteiger partial charge in [-0.3, -0.25) is 18.8 Å². The van der Waals surface area contributed by atoms with Crippen LogP contribution in [0.15, 0.2) is 34.2 Å². The van der Waals surface area contributed by atoms with Crippen molar-refractivity contribution in [2.75, 3.05) is 5.75 Å². The smallest absolute Gasteiger partial charge is 0.280 e. The summed E-state index contributed by atoms with van der Waals surface area (Å²) in [6.45, 7) is 8.50. The third-order valence-electron chi connectivity index (χ3n) is 4.32. The number of aromatic nitrogens is 4. The first-order valence-electron chi connectivity index (χ1n) is 9.44. The Bertz CT molecular complexity index is 1090. The summed E-state index contributed by atoms with van der Waals surface area (Å²) in [6.07, 6.45) is 0. The van der Waals surface area contributed by atoms with Crippen molar-refractivity contribution in [2.24, 2.45) is 0 Å². The molecule has 0 aliphatic heterocycles. The molecule has 9 heteroatoms. The fraction of sp³-hybridized carbons (Fsp3) is 0.400. The van der Waals surface area contributed by atoms with Crippen LogP contribution in [-0.2, 0) is 17.9 Å². The van der Waals surface area contributed by atoms with Gasteiger partial charge in [-0.2, -0.15) is 5.10 Å². The van der Waals surface area contributed by atoms with Gasteiger partial charge in [0.25, 0.3) is 5.56 Å². The van der Waals surface area contributed by atoms with Crippen molar-refractivity contribution in [2.45, 2.75) is 52.0 Å². The molecule has 1 amide bonds. The predicted octanol–water partition coefficient (Wildman–Crippen LogP) is 3.24. The summed E-state index contributed by atoms with van der Waals surface area (Å²) in [5.41, 5.74) is 2.52. The van der Waals surface area contributed by atoms with Crippen molar-refractivity contribution in [3.8, 4) is 0 Å². The molecular formula is C20H24ClN5O2S. The number of carbonyl (C=O) groups is 1. The minimum Gasteiger partial charge on any atom is -0.353 e. The quantitative estimate of drug-likeness (QED) is 0.457. The molecule has 0 spiro atoms. The number of nitrogens with zero attached hydrogens (tertiary/aromatic N) is 4. The van der Waals surface area contributed by atoms with Gasteiger partial charge in [-0.1, -0.05) is 35.5 Å². The molecule has 0 bridgehead atoms. The van der Waals surface area contributed by atoms with Crippen LogP contribution in [0.4, 0.5) is 0 Å². The molecule has 0 aliphatic rings. The molecule has 1 aromatic carbocycles. The maximum absolute atomic E-state index is 13.4. The Morgan fingerprint density at radius 3 is 2.59 bits per heavy atom. The van der Waals surface area contributed by atoms with Crippen molar-refractivity contribution >= 4 is 40.3 Å². The van der Waals surface area contributed by atoms with Crippen molar-refractivity contribution in [3.63, 3.8) is 0 Å². The van der Waals surface area contributed by atoms with Crippen LogP contribution >= 0.6 is 23.4 Å². The van der Waals surface area contributed by atoms with Crippen LogP contribution in [0.5, 0.6) is 0 Å². The van der Waals surface area contributed by atoms with Gasteiger partial charge >= 0.3 is 0 Å². The second-order valence-electron chi connectivity index (χ2n) is 7.02. The molecule has 0 aliphatic carbocycles. The van der Waals surface area contributed by atoms with E-state index in [1.807, 2.05) is 39.8 Å². The summed E-state index contributed by atoms with van der Waals surface area (Å²) in [5, 5.41) is 8.43. The van der Waals surface area contributed by atoms with E-state index in [0.29, 0.717) is 40.0 Å². The molecule has 0 atom stereocenters. The number of fused-ring (bicyclic) bond motifs is 1. The summed E-state index contributed by atoms with van der Waals surface area (Å²) < 4.78 is 3.28. The SMILES string of the molecule is CCn1nc(C)c2nc(SCC(=O)NC(C)C)n(Cc3ccc(Cl)cc3)c(=O)c21. The van der Waals surface area contributed by atoms with Gasteiger partial charge in [0.05, 0.1) is 18.0 Å². The molecule has 3 rings (SSSR count). The number of rotatable bonds is 7. The highest BCUT2D eigenvalue weighted by Gasteiger charge is 2.19. The number of hydrogen-bond donors (Lipinski definition) is 1. The Morgan fingerprint density at radius 1 is 1.28 bits per heavy atom. The Balaban J connectivity index is 2.06. The third-order valence-corrected chi connectivity index (χ3v) is 5.55. The molecule has 1 N–H and O–H groups in total. The van der Waals surface area contributed by atoms with E-state index >= 15 is 0 Å². The normalized spacial score (nSPS) is 11.4. The average Bonchev–Trinajstić information content (AvgIpc) is 2.99. The Hall–Kier alpha value is -2.32. The van der Waals surface area contributed by atoms with Crippen LogP contribution in [0.2, 0.25) is 5.02 Å². The molecular weight excluding hydrogens is 410 g/mol. The van der Waals surface area contributed by atoms with Crippen LogP contribution in [0, 0.1) is 6.92 Å². The molecule has 3 aromatic rings. The minimum absolute atomic E-state index is 0.0554. The molecule has 7 nitrogen and oxygen atoms in total. The number of carbonyl (C=O) groups excluding carboxylic acids is 1. The van der Waals surface area contributed by atoms with E-state index in [9.17, 15) is 9.59 Å². The summed E-state index contributed by atoms with van der Waals surface area (Å²) in [4.78, 5) is 30.2. The van der Waals surface area contributed by atoms with Gasteiger partial charge in [0, 0.05) is 17.6 Å². The molecule has 0 radical (unpaired) electrons. The van der Waals surface area contributed by atoms with Gasteiger partial charge < -0.3 is 5.32 Å². The fourth-order valence-electron chi connectivity index (χ4n) is 3.03. The third kappa shape index (κ3) is 4.82. The number of halogens is 1. The van der Waals surface area contributed by atoms with E-state index in [1.54, 1.807) is 21.4 Å². The zero-order valence-corrected chi connectivity index (χ0v) is 18.5. The van der Waals surface area contributed by atoms with Gasteiger partial charge in [-0.15, -0.1) is 0 Å². The number of thioether (sulfide) groups is 1. The highest BCUT2D eigenvalue weighted by atomic mass is 35.5. The van der Waals surface area contributed by atoms with Crippen LogP contribution in [0.3, 0.4) is 0 Å². The molecule has 0 fully saturated rings. The van der Waals surface area contributed by atoms with E-state index < -0.39 is 0 Å². The Kier molecular flexibility index (Phi) is 6.64. The van der Waals surface area contributed by atoms with Crippen LogP contribution < -0.4 is 10.9 Å². The summed E-state index contributed by atoms with van der Waals surface area (Å²) >= 11 is 7.23. The molecule has 2 aromatic heterocycles. The van der Waals surface area contributed by atoms with E-state index in [-0.39, 0.29) is 23.3 Å². The molecule has 2 heterocycles. The topological polar surface area (TPSA) is 81.8 Å². The number of nitrogens with one attached hydrogen (secondary N) is 1. The zero-order valence-electron chi connectivity index (χ0n) is 16.9. The van der Waals surface area contributed by atoms with Crippen molar-refractivity contribution in [3.05, 3.63) is 50.9 Å². The largest absolute Gasteiger partial charge is 0.353 e. The number of benzene rings is 1. The first-order valence-corrected chi connectivity index (χ1v) is 10.8. The monoisotopic (exact) mass is 433 g/mol. The minimum atomic E-state index is -0.167. The first kappa shape index (κ1) is 21.4. The van der Waals surface area contributed by atoms with Gasteiger partial charge in [0.15, 0.2) is 10.7 Å². The predicted molar refractivity (Wildman–Crippen MR) is 117 cm³/mol.